The van der Waals surface area contributed by atoms with Gasteiger partial charge in [0.15, 0.2) is 0 Å². The highest BCUT2D eigenvalue weighted by molar-refractivity contribution is 9.09. The van der Waals surface area contributed by atoms with Gasteiger partial charge in [-0.15, -0.1) is 0 Å². The Morgan fingerprint density at radius 2 is 1.94 bits per heavy atom. The number of alkyl halides is 1. The molecule has 1 aromatic carbocycles. The van der Waals surface area contributed by atoms with Gasteiger partial charge in [0.05, 0.1) is 19.7 Å². The van der Waals surface area contributed by atoms with E-state index >= 15 is 0 Å². The van der Waals surface area contributed by atoms with E-state index < -0.39 is 0 Å². The molecule has 0 aliphatic heterocycles. The Hall–Kier alpha value is -0.740. The lowest BCUT2D eigenvalue weighted by Gasteiger charge is -2.18. The first kappa shape index (κ1) is 13.3. The molecule has 0 unspecified atom stereocenters. The molecule has 0 spiro atoms. The van der Waals surface area contributed by atoms with Gasteiger partial charge in [0, 0.05) is 17.7 Å². The SMILES string of the molecule is COc1ccc(CN(C)CBr)c(OC)c1C. The highest BCUT2D eigenvalue weighted by Crippen LogP contribution is 2.31. The number of rotatable bonds is 5. The lowest BCUT2D eigenvalue weighted by Crippen LogP contribution is -2.16. The standard InChI is InChI=1S/C12H18BrNO2/c1-9-11(15-3)6-5-10(12(9)16-4)7-14(2)8-13/h5-6H,7-8H2,1-4H3. The van der Waals surface area contributed by atoms with Gasteiger partial charge >= 0.3 is 0 Å². The van der Waals surface area contributed by atoms with Crippen molar-refractivity contribution in [2.45, 2.75) is 13.5 Å². The summed E-state index contributed by atoms with van der Waals surface area (Å²) in [5.74, 6) is 1.77. The zero-order valence-corrected chi connectivity index (χ0v) is 11.8. The maximum absolute atomic E-state index is 5.44. The molecule has 3 nitrogen and oxygen atoms in total. The van der Waals surface area contributed by atoms with Gasteiger partial charge in [-0.25, -0.2) is 0 Å². The van der Waals surface area contributed by atoms with Crippen molar-refractivity contribution in [1.29, 1.82) is 0 Å². The Bertz CT molecular complexity index is 355. The van der Waals surface area contributed by atoms with Gasteiger partial charge in [-0.05, 0) is 20.0 Å². The third-order valence-corrected chi connectivity index (χ3v) is 3.36. The Kier molecular flexibility index (Phi) is 5.09. The fourth-order valence-electron chi connectivity index (χ4n) is 1.69. The van der Waals surface area contributed by atoms with Crippen LogP contribution >= 0.6 is 15.9 Å². The van der Waals surface area contributed by atoms with Crippen LogP contribution in [-0.4, -0.2) is 31.6 Å². The first-order valence-corrected chi connectivity index (χ1v) is 6.21. The van der Waals surface area contributed by atoms with Crippen molar-refractivity contribution in [3.8, 4) is 11.5 Å². The third kappa shape index (κ3) is 2.89. The molecule has 1 aromatic rings. The van der Waals surface area contributed by atoms with Crippen LogP contribution < -0.4 is 9.47 Å². The minimum Gasteiger partial charge on any atom is -0.496 e. The molecule has 0 saturated carbocycles. The first-order chi connectivity index (χ1) is 7.63. The topological polar surface area (TPSA) is 21.7 Å². The first-order valence-electron chi connectivity index (χ1n) is 5.09. The zero-order valence-electron chi connectivity index (χ0n) is 10.2. The largest absolute Gasteiger partial charge is 0.496 e. The van der Waals surface area contributed by atoms with Crippen LogP contribution in [0.15, 0.2) is 12.1 Å². The molecule has 0 radical (unpaired) electrons. The van der Waals surface area contributed by atoms with E-state index in [9.17, 15) is 0 Å². The molecule has 4 heteroatoms. The molecule has 0 bridgehead atoms. The van der Waals surface area contributed by atoms with E-state index in [1.165, 1.54) is 5.56 Å². The Balaban J connectivity index is 3.05. The molecular weight excluding hydrogens is 270 g/mol. The average Bonchev–Trinajstić information content (AvgIpc) is 2.29. The number of halogens is 1. The summed E-state index contributed by atoms with van der Waals surface area (Å²) in [7, 11) is 5.42. The minimum absolute atomic E-state index is 0.835. The number of benzene rings is 1. The van der Waals surface area contributed by atoms with Gasteiger partial charge in [0.2, 0.25) is 0 Å². The number of hydrogen-bond donors (Lipinski definition) is 0. The van der Waals surface area contributed by atoms with E-state index in [0.29, 0.717) is 0 Å². The summed E-state index contributed by atoms with van der Waals surface area (Å²) in [6, 6.07) is 4.03. The monoisotopic (exact) mass is 287 g/mol. The average molecular weight is 288 g/mol. The quantitative estimate of drug-likeness (QED) is 0.614. The summed E-state index contributed by atoms with van der Waals surface area (Å²) in [5.41, 5.74) is 3.05. The van der Waals surface area contributed by atoms with Crippen molar-refractivity contribution in [2.24, 2.45) is 0 Å². The molecule has 0 heterocycles. The fraction of sp³-hybridized carbons (Fsp3) is 0.500. The second-order valence-electron chi connectivity index (χ2n) is 3.72. The van der Waals surface area contributed by atoms with Crippen molar-refractivity contribution < 1.29 is 9.47 Å². The maximum atomic E-state index is 5.44. The van der Waals surface area contributed by atoms with Crippen LogP contribution in [0.4, 0.5) is 0 Å². The molecule has 16 heavy (non-hydrogen) atoms. The van der Waals surface area contributed by atoms with Crippen LogP contribution in [0, 0.1) is 6.92 Å². The molecule has 0 amide bonds. The summed E-state index contributed by atoms with van der Waals surface area (Å²) in [6.07, 6.45) is 0. The summed E-state index contributed by atoms with van der Waals surface area (Å²) < 4.78 is 10.7. The maximum Gasteiger partial charge on any atom is 0.129 e. The third-order valence-electron chi connectivity index (χ3n) is 2.51. The molecule has 0 aliphatic carbocycles. The van der Waals surface area contributed by atoms with E-state index in [1.807, 2.05) is 26.1 Å². The molecule has 0 saturated heterocycles. The lowest BCUT2D eigenvalue weighted by molar-refractivity contribution is 0.357. The molecule has 0 N–H and O–H groups in total. The van der Waals surface area contributed by atoms with Crippen molar-refractivity contribution in [2.75, 3.05) is 26.7 Å². The van der Waals surface area contributed by atoms with Crippen LogP contribution in [-0.2, 0) is 6.54 Å². The molecule has 0 aromatic heterocycles. The van der Waals surface area contributed by atoms with Gasteiger partial charge in [0.25, 0.3) is 0 Å². The number of nitrogens with zero attached hydrogens (tertiary/aromatic N) is 1. The Labute approximate surface area is 105 Å². The smallest absolute Gasteiger partial charge is 0.129 e. The normalized spacial score (nSPS) is 10.6. The van der Waals surface area contributed by atoms with Crippen LogP contribution in [0.1, 0.15) is 11.1 Å². The number of hydrogen-bond acceptors (Lipinski definition) is 3. The Morgan fingerprint density at radius 3 is 2.44 bits per heavy atom. The van der Waals surface area contributed by atoms with Crippen LogP contribution in [0.25, 0.3) is 0 Å². The predicted octanol–water partition coefficient (Wildman–Crippen LogP) is 2.80. The van der Waals surface area contributed by atoms with E-state index in [0.717, 1.165) is 29.1 Å². The lowest BCUT2D eigenvalue weighted by atomic mass is 10.1. The molecule has 0 fully saturated rings. The van der Waals surface area contributed by atoms with E-state index in [-0.39, 0.29) is 0 Å². The van der Waals surface area contributed by atoms with E-state index in [1.54, 1.807) is 14.2 Å². The van der Waals surface area contributed by atoms with Crippen molar-refractivity contribution >= 4 is 15.9 Å². The van der Waals surface area contributed by atoms with Gasteiger partial charge in [-0.2, -0.15) is 0 Å². The van der Waals surface area contributed by atoms with Gasteiger partial charge in [-0.3, -0.25) is 4.90 Å². The summed E-state index contributed by atoms with van der Waals surface area (Å²) in [5, 5.41) is 0. The molecule has 0 aliphatic rings. The highest BCUT2D eigenvalue weighted by Gasteiger charge is 2.12. The minimum atomic E-state index is 0.835. The number of methoxy groups -OCH3 is 2. The summed E-state index contributed by atoms with van der Waals surface area (Å²) >= 11 is 3.43. The summed E-state index contributed by atoms with van der Waals surface area (Å²) in [6.45, 7) is 2.86. The molecule has 90 valence electrons. The van der Waals surface area contributed by atoms with Crippen LogP contribution in [0.2, 0.25) is 0 Å². The fourth-order valence-corrected chi connectivity index (χ4v) is 1.87. The molecular formula is C12H18BrNO2. The van der Waals surface area contributed by atoms with Crippen molar-refractivity contribution in [3.63, 3.8) is 0 Å². The second-order valence-corrected chi connectivity index (χ2v) is 4.22. The van der Waals surface area contributed by atoms with Gasteiger partial charge < -0.3 is 9.47 Å². The van der Waals surface area contributed by atoms with Gasteiger partial charge in [-0.1, -0.05) is 22.0 Å². The van der Waals surface area contributed by atoms with Crippen molar-refractivity contribution in [1.82, 2.24) is 4.90 Å². The van der Waals surface area contributed by atoms with E-state index in [2.05, 4.69) is 20.8 Å². The van der Waals surface area contributed by atoms with Crippen molar-refractivity contribution in [3.05, 3.63) is 23.3 Å². The second kappa shape index (κ2) is 6.11. The summed E-state index contributed by atoms with van der Waals surface area (Å²) in [4.78, 5) is 2.16. The predicted molar refractivity (Wildman–Crippen MR) is 69.5 cm³/mol. The molecule has 0 atom stereocenters. The molecule has 1 rings (SSSR count). The highest BCUT2D eigenvalue weighted by atomic mass is 79.9. The van der Waals surface area contributed by atoms with Crippen LogP contribution in [0.5, 0.6) is 11.5 Å². The zero-order chi connectivity index (χ0) is 12.1. The van der Waals surface area contributed by atoms with Crippen LogP contribution in [0.3, 0.4) is 0 Å². The Morgan fingerprint density at radius 1 is 1.25 bits per heavy atom. The number of ether oxygens (including phenoxy) is 2. The van der Waals surface area contributed by atoms with Gasteiger partial charge in [0.1, 0.15) is 11.5 Å². The van der Waals surface area contributed by atoms with E-state index in [4.69, 9.17) is 9.47 Å².